The first kappa shape index (κ1) is 20.4. The minimum atomic E-state index is -4.21. The number of ether oxygens (including phenoxy) is 1. The molecule has 118 valence electrons. The molecule has 0 aromatic rings. The van der Waals surface area contributed by atoms with E-state index in [0.717, 1.165) is 0 Å². The van der Waals surface area contributed by atoms with Gasteiger partial charge in [-0.1, -0.05) is 0 Å². The van der Waals surface area contributed by atoms with Crippen LogP contribution < -0.4 is 29.6 Å². The molecule has 1 amide bonds. The topological polar surface area (TPSA) is 90.0 Å². The fourth-order valence-electron chi connectivity index (χ4n) is 2.10. The number of carbonyl (C=O) groups excluding carboxylic acids is 1. The van der Waals surface area contributed by atoms with Crippen LogP contribution in [-0.4, -0.2) is 79.5 Å². The summed E-state index contributed by atoms with van der Waals surface area (Å²) >= 11 is 4.96. The zero-order chi connectivity index (χ0) is 15.6. The van der Waals surface area contributed by atoms with Crippen LogP contribution in [0, 0.1) is 0 Å². The van der Waals surface area contributed by atoms with Gasteiger partial charge in [-0.2, -0.15) is 0 Å². The molecule has 2 rings (SSSR count). The Morgan fingerprint density at radius 2 is 2.14 bits per heavy atom. The normalized spacial score (nSPS) is 22.1. The quantitative estimate of drug-likeness (QED) is 0.195. The van der Waals surface area contributed by atoms with Gasteiger partial charge in [0.15, 0.2) is 0 Å². The van der Waals surface area contributed by atoms with Crippen molar-refractivity contribution >= 4 is 47.1 Å². The Bertz CT molecular complexity index is 595. The van der Waals surface area contributed by atoms with Gasteiger partial charge in [-0.05, 0) is 0 Å². The molecule has 22 heavy (non-hydrogen) atoms. The Morgan fingerprint density at radius 3 is 2.68 bits per heavy atom. The van der Waals surface area contributed by atoms with Gasteiger partial charge in [0.25, 0.3) is 0 Å². The summed E-state index contributed by atoms with van der Waals surface area (Å²) in [5.74, 6) is -0.0347. The van der Waals surface area contributed by atoms with Gasteiger partial charge >= 0.3 is 165 Å². The molecule has 0 N–H and O–H groups in total. The number of rotatable bonds is 5. The first-order valence-corrected chi connectivity index (χ1v) is 10.1. The van der Waals surface area contributed by atoms with Gasteiger partial charge in [-0.25, -0.2) is 0 Å². The van der Waals surface area contributed by atoms with Crippen LogP contribution in [-0.2, 0) is 19.6 Å². The Kier molecular flexibility index (Phi) is 7.81. The van der Waals surface area contributed by atoms with Crippen molar-refractivity contribution < 1.29 is 52.1 Å². The van der Waals surface area contributed by atoms with Gasteiger partial charge in [0.05, 0.1) is 0 Å². The van der Waals surface area contributed by atoms with Crippen molar-refractivity contribution in [2.24, 2.45) is 0 Å². The third-order valence-electron chi connectivity index (χ3n) is 3.07. The second-order valence-electron chi connectivity index (χ2n) is 4.50. The Labute approximate surface area is 163 Å². The SMILES string of the molecule is CCN1C(=O)/C(=C2/OCCN2CCCS(=O)(=O)[O-])[Se]C1=S.[Na+]. The first-order valence-electron chi connectivity index (χ1n) is 6.42. The first-order chi connectivity index (χ1) is 9.83. The van der Waals surface area contributed by atoms with Crippen LogP contribution in [0.15, 0.2) is 10.4 Å². The standard InChI is InChI=1S/C11H16N2O5S2Se.Na/c1-2-13-9(14)8(21-11(13)19)10-12(5-6-18-10)4-3-7-20(15,16)17;/h2-7H2,1H3,(H,15,16,17);/q;+1/p-1/b10-8-;. The van der Waals surface area contributed by atoms with Gasteiger partial charge in [0.2, 0.25) is 0 Å². The van der Waals surface area contributed by atoms with E-state index in [1.54, 1.807) is 4.90 Å². The number of likely N-dealkylation sites (N-methyl/N-ethyl adjacent to an activating group) is 1. The maximum absolute atomic E-state index is 12.3. The van der Waals surface area contributed by atoms with Gasteiger partial charge < -0.3 is 0 Å². The molecule has 7 nitrogen and oxygen atoms in total. The predicted molar refractivity (Wildman–Crippen MR) is 79.5 cm³/mol. The van der Waals surface area contributed by atoms with E-state index in [1.165, 1.54) is 0 Å². The zero-order valence-electron chi connectivity index (χ0n) is 12.4. The van der Waals surface area contributed by atoms with Crippen LogP contribution in [0.2, 0.25) is 0 Å². The van der Waals surface area contributed by atoms with E-state index < -0.39 is 15.9 Å². The van der Waals surface area contributed by atoms with Crippen molar-refractivity contribution in [2.45, 2.75) is 13.3 Å². The van der Waals surface area contributed by atoms with E-state index in [9.17, 15) is 17.8 Å². The molecule has 2 aliphatic heterocycles. The van der Waals surface area contributed by atoms with E-state index in [2.05, 4.69) is 0 Å². The average Bonchev–Trinajstić information content (AvgIpc) is 2.93. The van der Waals surface area contributed by atoms with Crippen molar-refractivity contribution in [2.75, 3.05) is 32.0 Å². The Hall–Kier alpha value is 0.329. The summed E-state index contributed by atoms with van der Waals surface area (Å²) in [6.45, 7) is 3.80. The molecule has 0 radical (unpaired) electrons. The molecule has 2 aliphatic rings. The van der Waals surface area contributed by atoms with E-state index in [1.807, 2.05) is 11.8 Å². The van der Waals surface area contributed by atoms with Crippen LogP contribution in [0.5, 0.6) is 0 Å². The molecule has 2 fully saturated rings. The molecule has 0 aliphatic carbocycles. The number of hydrogen-bond acceptors (Lipinski definition) is 7. The van der Waals surface area contributed by atoms with Crippen molar-refractivity contribution in [3.05, 3.63) is 10.4 Å². The second-order valence-corrected chi connectivity index (χ2v) is 9.09. The molecule has 0 saturated carbocycles. The van der Waals surface area contributed by atoms with Crippen LogP contribution in [0.1, 0.15) is 13.3 Å². The van der Waals surface area contributed by atoms with Crippen molar-refractivity contribution in [3.63, 3.8) is 0 Å². The van der Waals surface area contributed by atoms with E-state index in [0.29, 0.717) is 40.5 Å². The third kappa shape index (κ3) is 4.91. The number of hydrogen-bond donors (Lipinski definition) is 0. The van der Waals surface area contributed by atoms with Crippen molar-refractivity contribution in [1.29, 1.82) is 0 Å². The molecule has 0 aromatic carbocycles. The fourth-order valence-corrected chi connectivity index (χ4v) is 5.26. The Morgan fingerprint density at radius 1 is 1.45 bits per heavy atom. The summed E-state index contributed by atoms with van der Waals surface area (Å²) in [4.78, 5) is 15.6. The van der Waals surface area contributed by atoms with Crippen LogP contribution in [0.25, 0.3) is 0 Å². The maximum Gasteiger partial charge on any atom is 1.00 e. The molecule has 0 aromatic heterocycles. The molecular formula is C11H15N2NaO5S2Se. The summed E-state index contributed by atoms with van der Waals surface area (Å²) in [5, 5.41) is 0. The molecular weight excluding hydrogens is 406 g/mol. The molecule has 0 bridgehead atoms. The summed E-state index contributed by atoms with van der Waals surface area (Å²) in [7, 11) is -4.21. The van der Waals surface area contributed by atoms with Gasteiger partial charge in [0, 0.05) is 0 Å². The average molecular weight is 421 g/mol. The molecule has 0 unspecified atom stereocenters. The number of amides is 1. The second kappa shape index (κ2) is 8.43. The molecule has 2 heterocycles. The van der Waals surface area contributed by atoms with E-state index >= 15 is 0 Å². The van der Waals surface area contributed by atoms with E-state index in [4.69, 9.17) is 17.0 Å². The van der Waals surface area contributed by atoms with Crippen molar-refractivity contribution in [1.82, 2.24) is 9.80 Å². The summed E-state index contributed by atoms with van der Waals surface area (Å²) < 4.78 is 38.6. The van der Waals surface area contributed by atoms with Crippen LogP contribution in [0.4, 0.5) is 0 Å². The predicted octanol–water partition coefficient (Wildman–Crippen LogP) is -3.72. The maximum atomic E-state index is 12.3. The number of carbonyl (C=O) groups is 1. The summed E-state index contributed by atoms with van der Waals surface area (Å²) in [6.07, 6.45) is 0.217. The molecule has 2 saturated heterocycles. The monoisotopic (exact) mass is 422 g/mol. The van der Waals surface area contributed by atoms with Gasteiger partial charge in [0.1, 0.15) is 0 Å². The fraction of sp³-hybridized carbons (Fsp3) is 0.636. The Balaban J connectivity index is 0.00000242. The zero-order valence-corrected chi connectivity index (χ0v) is 17.7. The smallest absolute Gasteiger partial charge is 1.00 e. The molecule has 11 heteroatoms. The molecule has 0 spiro atoms. The number of thiocarbonyl (C=S) groups is 1. The minimum Gasteiger partial charge on any atom is 1.00 e. The summed E-state index contributed by atoms with van der Waals surface area (Å²) in [5.41, 5.74) is 0. The van der Waals surface area contributed by atoms with Crippen LogP contribution in [0.3, 0.4) is 0 Å². The van der Waals surface area contributed by atoms with Gasteiger partial charge in [-0.3, -0.25) is 0 Å². The van der Waals surface area contributed by atoms with E-state index in [-0.39, 0.29) is 56.8 Å². The largest absolute Gasteiger partial charge is 1.00 e. The van der Waals surface area contributed by atoms with Gasteiger partial charge in [-0.15, -0.1) is 0 Å². The van der Waals surface area contributed by atoms with Crippen LogP contribution >= 0.6 is 12.2 Å². The third-order valence-corrected chi connectivity index (χ3v) is 6.50. The van der Waals surface area contributed by atoms with Crippen molar-refractivity contribution in [3.8, 4) is 0 Å². The number of nitrogens with zero attached hydrogens (tertiary/aromatic N) is 2. The summed E-state index contributed by atoms with van der Waals surface area (Å²) in [6, 6.07) is 0. The molecule has 0 atom stereocenters. The minimum absolute atomic E-state index is 0.